The summed E-state index contributed by atoms with van der Waals surface area (Å²) in [5.74, 6) is 0.469. The molecule has 14 heavy (non-hydrogen) atoms. The van der Waals surface area contributed by atoms with Crippen LogP contribution in [0.15, 0.2) is 29.3 Å². The molecule has 1 aromatic rings. The predicted octanol–water partition coefficient (Wildman–Crippen LogP) is 2.00. The molecule has 0 heterocycles. The summed E-state index contributed by atoms with van der Waals surface area (Å²) < 4.78 is 0. The summed E-state index contributed by atoms with van der Waals surface area (Å²) in [5.41, 5.74) is 7.93. The van der Waals surface area contributed by atoms with Crippen molar-refractivity contribution < 1.29 is 0 Å². The average Bonchev–Trinajstić information content (AvgIpc) is 2.19. The van der Waals surface area contributed by atoms with Crippen LogP contribution in [-0.2, 0) is 6.42 Å². The maximum absolute atomic E-state index is 5.63. The van der Waals surface area contributed by atoms with Gasteiger partial charge in [0.25, 0.3) is 0 Å². The Bertz CT molecular complexity index is 301. The number of benzene rings is 1. The second-order valence-corrected chi connectivity index (χ2v) is 3.04. The molecule has 76 valence electrons. The first-order valence-electron chi connectivity index (χ1n) is 4.92. The molecular formula is C11H17N3. The number of aryl methyl sites for hydroxylation is 1. The first-order valence-corrected chi connectivity index (χ1v) is 4.92. The smallest absolute Gasteiger partial charge is 0.193 e. The fraction of sp³-hybridized carbons (Fsp3) is 0.364. The van der Waals surface area contributed by atoms with Gasteiger partial charge in [0.2, 0.25) is 0 Å². The molecule has 0 saturated heterocycles. The Labute approximate surface area is 85.0 Å². The maximum Gasteiger partial charge on any atom is 0.193 e. The number of nitrogens with two attached hydrogens (primary N) is 1. The highest BCUT2D eigenvalue weighted by Gasteiger charge is 1.94. The first-order chi connectivity index (χ1) is 6.76. The van der Waals surface area contributed by atoms with Crippen molar-refractivity contribution in [3.63, 3.8) is 0 Å². The normalized spacial score (nSPS) is 11.4. The molecule has 0 aliphatic carbocycles. The van der Waals surface area contributed by atoms with Crippen molar-refractivity contribution in [3.05, 3.63) is 29.8 Å². The van der Waals surface area contributed by atoms with Crippen molar-refractivity contribution in [1.29, 1.82) is 0 Å². The summed E-state index contributed by atoms with van der Waals surface area (Å²) in [5, 5.41) is 3.02. The fourth-order valence-electron chi connectivity index (χ4n) is 1.18. The Morgan fingerprint density at radius 3 is 2.43 bits per heavy atom. The van der Waals surface area contributed by atoms with Crippen LogP contribution in [0.3, 0.4) is 0 Å². The van der Waals surface area contributed by atoms with Gasteiger partial charge >= 0.3 is 0 Å². The van der Waals surface area contributed by atoms with Crippen molar-refractivity contribution in [1.82, 2.24) is 0 Å². The highest BCUT2D eigenvalue weighted by atomic mass is 15.1. The number of nitrogens with zero attached hydrogens (tertiary/aromatic N) is 1. The van der Waals surface area contributed by atoms with Gasteiger partial charge in [0.1, 0.15) is 0 Å². The largest absolute Gasteiger partial charge is 0.370 e. The third-order valence-corrected chi connectivity index (χ3v) is 1.96. The van der Waals surface area contributed by atoms with Crippen molar-refractivity contribution >= 4 is 11.6 Å². The lowest BCUT2D eigenvalue weighted by Crippen LogP contribution is -2.22. The van der Waals surface area contributed by atoms with Crippen LogP contribution in [0.2, 0.25) is 0 Å². The second kappa shape index (κ2) is 5.27. The molecule has 0 fully saturated rings. The summed E-state index contributed by atoms with van der Waals surface area (Å²) >= 11 is 0. The number of hydrogen-bond acceptors (Lipinski definition) is 1. The van der Waals surface area contributed by atoms with E-state index < -0.39 is 0 Å². The van der Waals surface area contributed by atoms with Crippen LogP contribution in [0, 0.1) is 0 Å². The molecule has 0 aliphatic rings. The molecule has 0 spiro atoms. The SMILES string of the molecule is CCN=C(N)Nc1ccc(CC)cc1. The van der Waals surface area contributed by atoms with Gasteiger partial charge in [0.05, 0.1) is 0 Å². The van der Waals surface area contributed by atoms with E-state index in [1.165, 1.54) is 5.56 Å². The van der Waals surface area contributed by atoms with E-state index in [0.29, 0.717) is 12.5 Å². The molecule has 0 aromatic heterocycles. The number of hydrogen-bond donors (Lipinski definition) is 2. The van der Waals surface area contributed by atoms with Crippen LogP contribution in [0.4, 0.5) is 5.69 Å². The first kappa shape index (κ1) is 10.6. The molecule has 3 nitrogen and oxygen atoms in total. The van der Waals surface area contributed by atoms with Crippen molar-refractivity contribution in [2.75, 3.05) is 11.9 Å². The quantitative estimate of drug-likeness (QED) is 0.567. The van der Waals surface area contributed by atoms with Gasteiger partial charge in [0, 0.05) is 12.2 Å². The summed E-state index contributed by atoms with van der Waals surface area (Å²) in [6.07, 6.45) is 1.05. The molecule has 0 aliphatic heterocycles. The zero-order valence-corrected chi connectivity index (χ0v) is 8.75. The van der Waals surface area contributed by atoms with Crippen LogP contribution < -0.4 is 11.1 Å². The number of aliphatic imine (C=N–C) groups is 1. The minimum Gasteiger partial charge on any atom is -0.370 e. The Hall–Kier alpha value is -1.51. The Balaban J connectivity index is 2.64. The maximum atomic E-state index is 5.63. The predicted molar refractivity (Wildman–Crippen MR) is 61.6 cm³/mol. The zero-order chi connectivity index (χ0) is 10.4. The van der Waals surface area contributed by atoms with Crippen LogP contribution in [0.1, 0.15) is 19.4 Å². The summed E-state index contributed by atoms with van der Waals surface area (Å²) in [7, 11) is 0. The Morgan fingerprint density at radius 1 is 1.29 bits per heavy atom. The summed E-state index contributed by atoms with van der Waals surface area (Å²) in [6, 6.07) is 8.19. The third-order valence-electron chi connectivity index (χ3n) is 1.96. The van der Waals surface area contributed by atoms with E-state index in [0.717, 1.165) is 12.1 Å². The molecule has 0 unspecified atom stereocenters. The number of anilines is 1. The van der Waals surface area contributed by atoms with E-state index >= 15 is 0 Å². The van der Waals surface area contributed by atoms with E-state index in [9.17, 15) is 0 Å². The Kier molecular flexibility index (Phi) is 3.98. The molecule has 0 saturated carbocycles. The number of nitrogens with one attached hydrogen (secondary N) is 1. The molecule has 3 N–H and O–H groups in total. The van der Waals surface area contributed by atoms with Gasteiger partial charge < -0.3 is 11.1 Å². The van der Waals surface area contributed by atoms with Crippen LogP contribution in [0.25, 0.3) is 0 Å². The van der Waals surface area contributed by atoms with Gasteiger partial charge in [-0.3, -0.25) is 4.99 Å². The van der Waals surface area contributed by atoms with Gasteiger partial charge in [-0.15, -0.1) is 0 Å². The fourth-order valence-corrected chi connectivity index (χ4v) is 1.18. The van der Waals surface area contributed by atoms with Gasteiger partial charge in [-0.1, -0.05) is 19.1 Å². The van der Waals surface area contributed by atoms with Crippen LogP contribution in [-0.4, -0.2) is 12.5 Å². The van der Waals surface area contributed by atoms with Gasteiger partial charge in [-0.05, 0) is 31.0 Å². The summed E-state index contributed by atoms with van der Waals surface area (Å²) in [4.78, 5) is 4.05. The highest BCUT2D eigenvalue weighted by Crippen LogP contribution is 2.09. The molecule has 0 bridgehead atoms. The number of rotatable bonds is 3. The minimum atomic E-state index is 0.469. The van der Waals surface area contributed by atoms with Gasteiger partial charge in [0.15, 0.2) is 5.96 Å². The monoisotopic (exact) mass is 191 g/mol. The average molecular weight is 191 g/mol. The van der Waals surface area contributed by atoms with E-state index in [1.807, 2.05) is 19.1 Å². The van der Waals surface area contributed by atoms with Crippen LogP contribution in [0.5, 0.6) is 0 Å². The lowest BCUT2D eigenvalue weighted by molar-refractivity contribution is 1.12. The molecule has 0 amide bonds. The third kappa shape index (κ3) is 3.09. The van der Waals surface area contributed by atoms with Crippen molar-refractivity contribution in [3.8, 4) is 0 Å². The minimum absolute atomic E-state index is 0.469. The molecule has 0 radical (unpaired) electrons. The zero-order valence-electron chi connectivity index (χ0n) is 8.75. The molecule has 3 heteroatoms. The van der Waals surface area contributed by atoms with E-state index in [2.05, 4.69) is 29.4 Å². The van der Waals surface area contributed by atoms with Crippen molar-refractivity contribution in [2.24, 2.45) is 10.7 Å². The standard InChI is InChI=1S/C11H17N3/c1-3-9-5-7-10(8-6-9)14-11(12)13-4-2/h5-8H,3-4H2,1-2H3,(H3,12,13,14). The number of guanidine groups is 1. The van der Waals surface area contributed by atoms with E-state index in [1.54, 1.807) is 0 Å². The van der Waals surface area contributed by atoms with Crippen LogP contribution >= 0.6 is 0 Å². The molecule has 0 atom stereocenters. The van der Waals surface area contributed by atoms with Gasteiger partial charge in [-0.25, -0.2) is 0 Å². The summed E-state index contributed by atoms with van der Waals surface area (Å²) in [6.45, 7) is 4.79. The van der Waals surface area contributed by atoms with E-state index in [4.69, 9.17) is 5.73 Å². The van der Waals surface area contributed by atoms with Gasteiger partial charge in [-0.2, -0.15) is 0 Å². The Morgan fingerprint density at radius 2 is 1.93 bits per heavy atom. The topological polar surface area (TPSA) is 50.4 Å². The lowest BCUT2D eigenvalue weighted by atomic mass is 10.1. The lowest BCUT2D eigenvalue weighted by Gasteiger charge is -2.05. The molecular weight excluding hydrogens is 174 g/mol. The molecule has 1 rings (SSSR count). The van der Waals surface area contributed by atoms with E-state index in [-0.39, 0.29) is 0 Å². The highest BCUT2D eigenvalue weighted by molar-refractivity contribution is 5.92. The van der Waals surface area contributed by atoms with Crippen molar-refractivity contribution in [2.45, 2.75) is 20.3 Å². The second-order valence-electron chi connectivity index (χ2n) is 3.04. The molecule has 1 aromatic carbocycles.